The van der Waals surface area contributed by atoms with Crippen molar-refractivity contribution in [2.45, 2.75) is 32.8 Å². The lowest BCUT2D eigenvalue weighted by Crippen LogP contribution is -2.46. The third-order valence-corrected chi connectivity index (χ3v) is 5.14. The number of carbonyl (C=O) groups excluding carboxylic acids is 2. The zero-order valence-corrected chi connectivity index (χ0v) is 16.3. The molecule has 150 valence electrons. The van der Waals surface area contributed by atoms with Gasteiger partial charge in [-0.25, -0.2) is 0 Å². The summed E-state index contributed by atoms with van der Waals surface area (Å²) in [6.45, 7) is 9.30. The SMILES string of the molecule is CC(C)CN1CCOC(COC(=O)C2CCN(C(=O)c3ccoc3)CC2)C1. The summed E-state index contributed by atoms with van der Waals surface area (Å²) in [5.41, 5.74) is 0.552. The Labute approximate surface area is 160 Å². The summed E-state index contributed by atoms with van der Waals surface area (Å²) in [7, 11) is 0. The van der Waals surface area contributed by atoms with Crippen LogP contribution >= 0.6 is 0 Å². The van der Waals surface area contributed by atoms with Crippen molar-refractivity contribution in [2.24, 2.45) is 11.8 Å². The summed E-state index contributed by atoms with van der Waals surface area (Å²) in [5.74, 6) is 0.251. The molecule has 3 heterocycles. The monoisotopic (exact) mass is 378 g/mol. The second-order valence-corrected chi connectivity index (χ2v) is 7.85. The zero-order chi connectivity index (χ0) is 19.2. The van der Waals surface area contributed by atoms with Gasteiger partial charge in [0, 0.05) is 32.7 Å². The molecule has 3 rings (SSSR count). The number of esters is 1. The number of hydrogen-bond acceptors (Lipinski definition) is 6. The van der Waals surface area contributed by atoms with Gasteiger partial charge in [0.25, 0.3) is 5.91 Å². The molecule has 7 heteroatoms. The fourth-order valence-electron chi connectivity index (χ4n) is 3.74. The van der Waals surface area contributed by atoms with Crippen LogP contribution in [0.4, 0.5) is 0 Å². The van der Waals surface area contributed by atoms with E-state index in [2.05, 4.69) is 18.7 Å². The van der Waals surface area contributed by atoms with Crippen molar-refractivity contribution >= 4 is 11.9 Å². The first-order valence-corrected chi connectivity index (χ1v) is 9.85. The highest BCUT2D eigenvalue weighted by Gasteiger charge is 2.30. The fraction of sp³-hybridized carbons (Fsp3) is 0.700. The highest BCUT2D eigenvalue weighted by atomic mass is 16.6. The number of hydrogen-bond donors (Lipinski definition) is 0. The number of nitrogens with zero attached hydrogens (tertiary/aromatic N) is 2. The van der Waals surface area contributed by atoms with Crippen LogP contribution in [0.3, 0.4) is 0 Å². The molecule has 1 atom stereocenters. The molecule has 2 fully saturated rings. The first-order chi connectivity index (χ1) is 13.0. The summed E-state index contributed by atoms with van der Waals surface area (Å²) < 4.78 is 16.2. The van der Waals surface area contributed by atoms with Gasteiger partial charge in [-0.1, -0.05) is 13.8 Å². The topological polar surface area (TPSA) is 72.2 Å². The Morgan fingerprint density at radius 2 is 2.04 bits per heavy atom. The van der Waals surface area contributed by atoms with E-state index in [4.69, 9.17) is 13.9 Å². The third-order valence-electron chi connectivity index (χ3n) is 5.14. The lowest BCUT2D eigenvalue weighted by atomic mass is 9.96. The smallest absolute Gasteiger partial charge is 0.309 e. The molecule has 7 nitrogen and oxygen atoms in total. The largest absolute Gasteiger partial charge is 0.472 e. The highest BCUT2D eigenvalue weighted by molar-refractivity contribution is 5.94. The average molecular weight is 378 g/mol. The predicted octanol–water partition coefficient (Wildman–Crippen LogP) is 2.03. The number of piperidine rings is 1. The first-order valence-electron chi connectivity index (χ1n) is 9.85. The Bertz CT molecular complexity index is 608. The van der Waals surface area contributed by atoms with Crippen molar-refractivity contribution in [1.82, 2.24) is 9.80 Å². The minimum Gasteiger partial charge on any atom is -0.472 e. The Balaban J connectivity index is 1.39. The second-order valence-electron chi connectivity index (χ2n) is 7.85. The van der Waals surface area contributed by atoms with Gasteiger partial charge in [-0.3, -0.25) is 14.5 Å². The average Bonchev–Trinajstić information content (AvgIpc) is 3.20. The van der Waals surface area contributed by atoms with Crippen molar-refractivity contribution in [3.8, 4) is 0 Å². The van der Waals surface area contributed by atoms with Crippen LogP contribution in [0.1, 0.15) is 37.0 Å². The Hall–Kier alpha value is -1.86. The van der Waals surface area contributed by atoms with Crippen LogP contribution in [0.25, 0.3) is 0 Å². The van der Waals surface area contributed by atoms with E-state index in [1.807, 2.05) is 0 Å². The van der Waals surface area contributed by atoms with Gasteiger partial charge in [0.05, 0.1) is 24.4 Å². The van der Waals surface area contributed by atoms with E-state index in [1.54, 1.807) is 11.0 Å². The molecule has 1 amide bonds. The van der Waals surface area contributed by atoms with E-state index < -0.39 is 0 Å². The molecule has 0 radical (unpaired) electrons. The zero-order valence-electron chi connectivity index (χ0n) is 16.3. The lowest BCUT2D eigenvalue weighted by Gasteiger charge is -2.34. The molecule has 1 aromatic heterocycles. The van der Waals surface area contributed by atoms with E-state index in [9.17, 15) is 9.59 Å². The molecular weight excluding hydrogens is 348 g/mol. The fourth-order valence-corrected chi connectivity index (χ4v) is 3.74. The quantitative estimate of drug-likeness (QED) is 0.706. The van der Waals surface area contributed by atoms with Crippen molar-refractivity contribution < 1.29 is 23.5 Å². The maximum atomic E-state index is 12.4. The van der Waals surface area contributed by atoms with Crippen LogP contribution in [0.15, 0.2) is 23.0 Å². The van der Waals surface area contributed by atoms with Gasteiger partial charge in [-0.05, 0) is 24.8 Å². The number of amides is 1. The lowest BCUT2D eigenvalue weighted by molar-refractivity contribution is -0.156. The normalized spacial score (nSPS) is 22.2. The van der Waals surface area contributed by atoms with Gasteiger partial charge >= 0.3 is 5.97 Å². The molecule has 1 aromatic rings. The van der Waals surface area contributed by atoms with E-state index >= 15 is 0 Å². The Kier molecular flexibility index (Phi) is 6.90. The first kappa shape index (κ1) is 19.9. The number of carbonyl (C=O) groups is 2. The number of likely N-dealkylation sites (tertiary alicyclic amines) is 1. The maximum absolute atomic E-state index is 12.4. The minimum absolute atomic E-state index is 0.0450. The maximum Gasteiger partial charge on any atom is 0.309 e. The van der Waals surface area contributed by atoms with Crippen LogP contribution in [0.2, 0.25) is 0 Å². The van der Waals surface area contributed by atoms with E-state index in [-0.39, 0.29) is 23.9 Å². The van der Waals surface area contributed by atoms with E-state index in [0.29, 0.717) is 50.6 Å². The molecule has 0 N–H and O–H groups in total. The summed E-state index contributed by atoms with van der Waals surface area (Å²) in [6, 6.07) is 1.66. The van der Waals surface area contributed by atoms with Crippen molar-refractivity contribution in [1.29, 1.82) is 0 Å². The molecule has 0 spiro atoms. The van der Waals surface area contributed by atoms with E-state index in [1.165, 1.54) is 12.5 Å². The van der Waals surface area contributed by atoms with Crippen LogP contribution in [-0.2, 0) is 14.3 Å². The molecule has 0 aliphatic carbocycles. The number of ether oxygens (including phenoxy) is 2. The van der Waals surface area contributed by atoms with Crippen molar-refractivity contribution in [3.05, 3.63) is 24.2 Å². The summed E-state index contributed by atoms with van der Waals surface area (Å²) >= 11 is 0. The van der Waals surface area contributed by atoms with E-state index in [0.717, 1.165) is 19.6 Å². The van der Waals surface area contributed by atoms with Crippen LogP contribution < -0.4 is 0 Å². The third kappa shape index (κ3) is 5.56. The number of furan rings is 1. The van der Waals surface area contributed by atoms with Gasteiger partial charge in [0.15, 0.2) is 0 Å². The van der Waals surface area contributed by atoms with Gasteiger partial charge in [-0.2, -0.15) is 0 Å². The molecule has 2 aliphatic heterocycles. The molecule has 27 heavy (non-hydrogen) atoms. The van der Waals surface area contributed by atoms with Crippen molar-refractivity contribution in [3.63, 3.8) is 0 Å². The molecule has 0 bridgehead atoms. The number of rotatable bonds is 6. The second kappa shape index (κ2) is 9.37. The standard InChI is InChI=1S/C20H30N2O5/c1-15(2)11-21-8-10-26-18(12-21)14-27-20(24)16-3-6-22(7-4-16)19(23)17-5-9-25-13-17/h5,9,13,15-16,18H,3-4,6-8,10-12,14H2,1-2H3. The number of morpholine rings is 1. The van der Waals surface area contributed by atoms with Crippen LogP contribution in [-0.4, -0.2) is 73.7 Å². The summed E-state index contributed by atoms with van der Waals surface area (Å²) in [5, 5.41) is 0. The Morgan fingerprint density at radius 3 is 2.70 bits per heavy atom. The molecule has 0 saturated carbocycles. The van der Waals surface area contributed by atoms with Gasteiger partial charge < -0.3 is 18.8 Å². The highest BCUT2D eigenvalue weighted by Crippen LogP contribution is 2.21. The molecular formula is C20H30N2O5. The molecule has 2 aliphatic rings. The minimum atomic E-state index is -0.171. The van der Waals surface area contributed by atoms with Gasteiger partial charge in [0.2, 0.25) is 0 Å². The van der Waals surface area contributed by atoms with Crippen LogP contribution in [0, 0.1) is 11.8 Å². The molecule has 0 aromatic carbocycles. The molecule has 1 unspecified atom stereocenters. The van der Waals surface area contributed by atoms with Crippen LogP contribution in [0.5, 0.6) is 0 Å². The summed E-state index contributed by atoms with van der Waals surface area (Å²) in [4.78, 5) is 28.8. The van der Waals surface area contributed by atoms with Gasteiger partial charge in [-0.15, -0.1) is 0 Å². The summed E-state index contributed by atoms with van der Waals surface area (Å²) in [6.07, 6.45) is 4.16. The predicted molar refractivity (Wildman–Crippen MR) is 99.3 cm³/mol. The Morgan fingerprint density at radius 1 is 1.26 bits per heavy atom. The van der Waals surface area contributed by atoms with Gasteiger partial charge in [0.1, 0.15) is 19.0 Å². The van der Waals surface area contributed by atoms with Crippen molar-refractivity contribution in [2.75, 3.05) is 45.9 Å². The molecule has 2 saturated heterocycles.